The fourth-order valence-electron chi connectivity index (χ4n) is 2.36. The standard InChI is InChI=1S/C17H33N3S/c1-9-20(13(4)5)16-19-15(17(6,7)8)14(21-16)11-18-10-12(2)3/h12-13,18H,9-11H2,1-8H3. The second-order valence-electron chi connectivity index (χ2n) is 7.42. The Hall–Kier alpha value is -0.610. The number of rotatable bonds is 7. The van der Waals surface area contributed by atoms with Crippen LogP contribution in [0.4, 0.5) is 5.13 Å². The summed E-state index contributed by atoms with van der Waals surface area (Å²) in [5.41, 5.74) is 1.35. The van der Waals surface area contributed by atoms with E-state index in [4.69, 9.17) is 4.98 Å². The Kier molecular flexibility index (Phi) is 6.67. The van der Waals surface area contributed by atoms with Crippen molar-refractivity contribution >= 4 is 16.5 Å². The van der Waals surface area contributed by atoms with E-state index in [-0.39, 0.29) is 5.41 Å². The van der Waals surface area contributed by atoms with E-state index in [9.17, 15) is 0 Å². The topological polar surface area (TPSA) is 28.2 Å². The molecular formula is C17H33N3S. The van der Waals surface area contributed by atoms with Gasteiger partial charge in [-0.25, -0.2) is 4.98 Å². The maximum atomic E-state index is 4.98. The minimum Gasteiger partial charge on any atom is -0.346 e. The van der Waals surface area contributed by atoms with Crippen molar-refractivity contribution in [1.29, 1.82) is 0 Å². The van der Waals surface area contributed by atoms with Crippen molar-refractivity contribution in [3.05, 3.63) is 10.6 Å². The molecule has 0 aromatic carbocycles. The van der Waals surface area contributed by atoms with Gasteiger partial charge in [0.05, 0.1) is 5.69 Å². The molecule has 0 aliphatic carbocycles. The molecule has 0 saturated carbocycles. The van der Waals surface area contributed by atoms with Crippen LogP contribution in [0.3, 0.4) is 0 Å². The van der Waals surface area contributed by atoms with Crippen LogP contribution in [-0.4, -0.2) is 24.1 Å². The molecule has 0 amide bonds. The van der Waals surface area contributed by atoms with Gasteiger partial charge in [-0.1, -0.05) is 34.6 Å². The zero-order valence-electron chi connectivity index (χ0n) is 15.1. The van der Waals surface area contributed by atoms with Gasteiger partial charge in [-0.05, 0) is 33.2 Å². The molecule has 0 atom stereocenters. The summed E-state index contributed by atoms with van der Waals surface area (Å²) in [6.07, 6.45) is 0. The lowest BCUT2D eigenvalue weighted by atomic mass is 9.91. The van der Waals surface area contributed by atoms with E-state index in [1.54, 1.807) is 0 Å². The van der Waals surface area contributed by atoms with Crippen LogP contribution in [0.15, 0.2) is 0 Å². The number of nitrogens with zero attached hydrogens (tertiary/aromatic N) is 2. The molecule has 1 aromatic rings. The van der Waals surface area contributed by atoms with Gasteiger partial charge in [0.1, 0.15) is 0 Å². The molecule has 0 spiro atoms. The van der Waals surface area contributed by atoms with Gasteiger partial charge in [-0.3, -0.25) is 0 Å². The number of aromatic nitrogens is 1. The highest BCUT2D eigenvalue weighted by Gasteiger charge is 2.25. The van der Waals surface area contributed by atoms with Gasteiger partial charge in [0.2, 0.25) is 0 Å². The molecule has 0 bridgehead atoms. The lowest BCUT2D eigenvalue weighted by molar-refractivity contribution is 0.534. The third-order valence-corrected chi connectivity index (χ3v) is 4.54. The van der Waals surface area contributed by atoms with Crippen LogP contribution in [0.25, 0.3) is 0 Å². The van der Waals surface area contributed by atoms with Crippen molar-refractivity contribution in [3.63, 3.8) is 0 Å². The van der Waals surface area contributed by atoms with Crippen LogP contribution < -0.4 is 10.2 Å². The van der Waals surface area contributed by atoms with Gasteiger partial charge < -0.3 is 10.2 Å². The van der Waals surface area contributed by atoms with Gasteiger partial charge in [0, 0.05) is 29.4 Å². The van der Waals surface area contributed by atoms with Crippen molar-refractivity contribution < 1.29 is 0 Å². The van der Waals surface area contributed by atoms with Crippen LogP contribution >= 0.6 is 11.3 Å². The molecule has 0 aliphatic rings. The minimum atomic E-state index is 0.0972. The predicted octanol–water partition coefficient (Wildman–Crippen LogP) is 4.42. The summed E-state index contributed by atoms with van der Waals surface area (Å²) in [4.78, 5) is 8.74. The van der Waals surface area contributed by atoms with Crippen molar-refractivity contribution in [3.8, 4) is 0 Å². The molecule has 0 aliphatic heterocycles. The third kappa shape index (κ3) is 5.26. The predicted molar refractivity (Wildman–Crippen MR) is 95.5 cm³/mol. The second-order valence-corrected chi connectivity index (χ2v) is 8.48. The number of anilines is 1. The summed E-state index contributed by atoms with van der Waals surface area (Å²) in [5.74, 6) is 0.679. The molecule has 1 aromatic heterocycles. The quantitative estimate of drug-likeness (QED) is 0.808. The highest BCUT2D eigenvalue weighted by Crippen LogP contribution is 2.34. The summed E-state index contributed by atoms with van der Waals surface area (Å²) >= 11 is 1.85. The molecule has 1 rings (SSSR count). The minimum absolute atomic E-state index is 0.0972. The first-order chi connectivity index (χ1) is 9.66. The summed E-state index contributed by atoms with van der Waals surface area (Å²) in [6.45, 7) is 20.9. The smallest absolute Gasteiger partial charge is 0.186 e. The van der Waals surface area contributed by atoms with Gasteiger partial charge in [-0.15, -0.1) is 11.3 Å². The molecule has 1 N–H and O–H groups in total. The van der Waals surface area contributed by atoms with Crippen molar-refractivity contribution in [2.75, 3.05) is 18.0 Å². The van der Waals surface area contributed by atoms with E-state index in [2.05, 4.69) is 65.6 Å². The highest BCUT2D eigenvalue weighted by atomic mass is 32.1. The molecule has 1 heterocycles. The lowest BCUT2D eigenvalue weighted by Crippen LogP contribution is -2.30. The van der Waals surface area contributed by atoms with E-state index in [1.165, 1.54) is 15.7 Å². The first kappa shape index (κ1) is 18.4. The lowest BCUT2D eigenvalue weighted by Gasteiger charge is -2.24. The van der Waals surface area contributed by atoms with E-state index >= 15 is 0 Å². The van der Waals surface area contributed by atoms with E-state index in [1.807, 2.05) is 11.3 Å². The fraction of sp³-hybridized carbons (Fsp3) is 0.824. The van der Waals surface area contributed by atoms with Gasteiger partial charge >= 0.3 is 0 Å². The SMILES string of the molecule is CCN(c1nc(C(C)(C)C)c(CNCC(C)C)s1)C(C)C. The molecule has 4 heteroatoms. The molecule has 122 valence electrons. The summed E-state index contributed by atoms with van der Waals surface area (Å²) in [6, 6.07) is 0.491. The molecule has 21 heavy (non-hydrogen) atoms. The van der Waals surface area contributed by atoms with E-state index in [0.29, 0.717) is 12.0 Å². The third-order valence-electron chi connectivity index (χ3n) is 3.44. The number of nitrogens with one attached hydrogen (secondary N) is 1. The largest absolute Gasteiger partial charge is 0.346 e. The Bertz CT molecular complexity index is 430. The Balaban J connectivity index is 3.01. The van der Waals surface area contributed by atoms with Gasteiger partial charge in [-0.2, -0.15) is 0 Å². The summed E-state index contributed by atoms with van der Waals surface area (Å²) in [7, 11) is 0. The van der Waals surface area contributed by atoms with Crippen molar-refractivity contribution in [2.45, 2.75) is 73.4 Å². The summed E-state index contributed by atoms with van der Waals surface area (Å²) < 4.78 is 0. The van der Waals surface area contributed by atoms with E-state index in [0.717, 1.165) is 19.6 Å². The van der Waals surface area contributed by atoms with Gasteiger partial charge in [0.25, 0.3) is 0 Å². The van der Waals surface area contributed by atoms with Crippen LogP contribution in [0.5, 0.6) is 0 Å². The van der Waals surface area contributed by atoms with Crippen LogP contribution in [0.2, 0.25) is 0 Å². The average molecular weight is 312 g/mol. The Morgan fingerprint density at radius 1 is 1.19 bits per heavy atom. The van der Waals surface area contributed by atoms with Crippen LogP contribution in [0.1, 0.15) is 66.0 Å². The molecule has 0 saturated heterocycles. The van der Waals surface area contributed by atoms with E-state index < -0.39 is 0 Å². The molecule has 0 fully saturated rings. The Morgan fingerprint density at radius 2 is 1.81 bits per heavy atom. The zero-order valence-corrected chi connectivity index (χ0v) is 15.9. The maximum Gasteiger partial charge on any atom is 0.186 e. The van der Waals surface area contributed by atoms with Crippen molar-refractivity contribution in [1.82, 2.24) is 10.3 Å². The fourth-order valence-corrected chi connectivity index (χ4v) is 3.80. The normalized spacial score (nSPS) is 12.5. The number of thiazole rings is 1. The van der Waals surface area contributed by atoms with Crippen LogP contribution in [-0.2, 0) is 12.0 Å². The highest BCUT2D eigenvalue weighted by molar-refractivity contribution is 7.15. The molecule has 3 nitrogen and oxygen atoms in total. The maximum absolute atomic E-state index is 4.98. The Labute approximate surface area is 135 Å². The molecule has 0 radical (unpaired) electrons. The van der Waals surface area contributed by atoms with Crippen molar-refractivity contribution in [2.24, 2.45) is 5.92 Å². The first-order valence-corrected chi connectivity index (χ1v) is 8.96. The average Bonchev–Trinajstić information content (AvgIpc) is 2.72. The number of hydrogen-bond acceptors (Lipinski definition) is 4. The van der Waals surface area contributed by atoms with Gasteiger partial charge in [0.15, 0.2) is 5.13 Å². The second kappa shape index (κ2) is 7.59. The zero-order chi connectivity index (χ0) is 16.2. The summed E-state index contributed by atoms with van der Waals surface area (Å²) in [5, 5.41) is 4.73. The number of hydrogen-bond donors (Lipinski definition) is 1. The molecular weight excluding hydrogens is 278 g/mol. The molecule has 0 unspecified atom stereocenters. The van der Waals surface area contributed by atoms with Crippen LogP contribution in [0, 0.1) is 5.92 Å². The first-order valence-electron chi connectivity index (χ1n) is 8.14. The monoisotopic (exact) mass is 311 g/mol. The Morgan fingerprint density at radius 3 is 2.24 bits per heavy atom.